The Hall–Kier alpha value is -3.13. The highest BCUT2D eigenvalue weighted by Crippen LogP contribution is 2.26. The van der Waals surface area contributed by atoms with E-state index in [2.05, 4.69) is 4.90 Å². The predicted molar refractivity (Wildman–Crippen MR) is 104 cm³/mol. The van der Waals surface area contributed by atoms with Crippen LogP contribution in [-0.4, -0.2) is 61.0 Å². The molecule has 8 nitrogen and oxygen atoms in total. The first-order chi connectivity index (χ1) is 13.5. The van der Waals surface area contributed by atoms with E-state index in [1.165, 1.54) is 24.3 Å². The first-order valence-corrected chi connectivity index (χ1v) is 8.99. The fourth-order valence-corrected chi connectivity index (χ4v) is 3.24. The summed E-state index contributed by atoms with van der Waals surface area (Å²) in [5, 5.41) is 10.7. The first-order valence-electron chi connectivity index (χ1n) is 8.99. The summed E-state index contributed by atoms with van der Waals surface area (Å²) in [7, 11) is 3.26. The molecule has 1 amide bonds. The fourth-order valence-electron chi connectivity index (χ4n) is 3.24. The third-order valence-corrected chi connectivity index (χ3v) is 4.87. The number of amides is 1. The van der Waals surface area contributed by atoms with Gasteiger partial charge in [-0.25, -0.2) is 0 Å². The number of nitrogens with zero attached hydrogens (tertiary/aromatic N) is 3. The van der Waals surface area contributed by atoms with Crippen molar-refractivity contribution in [3.05, 3.63) is 63.7 Å². The number of benzene rings is 2. The summed E-state index contributed by atoms with van der Waals surface area (Å²) in [5.74, 6) is 1.43. The molecule has 2 aromatic rings. The molecule has 0 bridgehead atoms. The summed E-state index contributed by atoms with van der Waals surface area (Å²) in [6.07, 6.45) is 0. The van der Waals surface area contributed by atoms with Gasteiger partial charge >= 0.3 is 0 Å². The van der Waals surface area contributed by atoms with Crippen molar-refractivity contribution in [1.29, 1.82) is 0 Å². The van der Waals surface area contributed by atoms with E-state index in [0.29, 0.717) is 18.7 Å². The third kappa shape index (κ3) is 4.40. The monoisotopic (exact) mass is 385 g/mol. The number of ether oxygens (including phenoxy) is 2. The van der Waals surface area contributed by atoms with Crippen LogP contribution in [0.5, 0.6) is 11.5 Å². The molecular weight excluding hydrogens is 362 g/mol. The molecule has 1 heterocycles. The van der Waals surface area contributed by atoms with Gasteiger partial charge in [-0.3, -0.25) is 19.8 Å². The Bertz CT molecular complexity index is 845. The minimum absolute atomic E-state index is 0.0187. The highest BCUT2D eigenvalue weighted by molar-refractivity contribution is 5.94. The van der Waals surface area contributed by atoms with Crippen molar-refractivity contribution in [3.8, 4) is 11.5 Å². The molecule has 28 heavy (non-hydrogen) atoms. The molecule has 0 unspecified atom stereocenters. The molecule has 3 rings (SSSR count). The van der Waals surface area contributed by atoms with E-state index in [-0.39, 0.29) is 11.6 Å². The highest BCUT2D eigenvalue weighted by atomic mass is 16.6. The number of hydrogen-bond acceptors (Lipinski definition) is 6. The molecule has 8 heteroatoms. The van der Waals surface area contributed by atoms with E-state index < -0.39 is 4.92 Å². The Balaban J connectivity index is 1.58. The summed E-state index contributed by atoms with van der Waals surface area (Å²) >= 11 is 0. The number of carbonyl (C=O) groups is 1. The van der Waals surface area contributed by atoms with Gasteiger partial charge in [0.25, 0.3) is 11.6 Å². The predicted octanol–water partition coefficient (Wildman–Crippen LogP) is 2.57. The average Bonchev–Trinajstić information content (AvgIpc) is 2.74. The molecule has 0 aliphatic carbocycles. The molecule has 0 spiro atoms. The summed E-state index contributed by atoms with van der Waals surface area (Å²) in [4.78, 5) is 26.9. The minimum atomic E-state index is -0.472. The van der Waals surface area contributed by atoms with Crippen molar-refractivity contribution in [2.75, 3.05) is 40.4 Å². The van der Waals surface area contributed by atoms with Crippen LogP contribution < -0.4 is 9.47 Å². The van der Waals surface area contributed by atoms with Crippen LogP contribution in [0.1, 0.15) is 15.9 Å². The molecule has 148 valence electrons. The Morgan fingerprint density at radius 2 is 1.71 bits per heavy atom. The van der Waals surface area contributed by atoms with Crippen LogP contribution in [0.2, 0.25) is 0 Å². The molecule has 0 atom stereocenters. The van der Waals surface area contributed by atoms with Crippen molar-refractivity contribution in [3.63, 3.8) is 0 Å². The lowest BCUT2D eigenvalue weighted by atomic mass is 10.1. The second-order valence-corrected chi connectivity index (χ2v) is 6.55. The second-order valence-electron chi connectivity index (χ2n) is 6.55. The lowest BCUT2D eigenvalue weighted by Gasteiger charge is -2.35. The zero-order chi connectivity index (χ0) is 20.1. The first kappa shape index (κ1) is 19.6. The normalized spacial score (nSPS) is 14.6. The molecule has 1 aliphatic rings. The molecule has 2 aromatic carbocycles. The van der Waals surface area contributed by atoms with Gasteiger partial charge < -0.3 is 14.4 Å². The Morgan fingerprint density at radius 3 is 2.29 bits per heavy atom. The summed E-state index contributed by atoms with van der Waals surface area (Å²) < 4.78 is 10.7. The topological polar surface area (TPSA) is 85.2 Å². The highest BCUT2D eigenvalue weighted by Gasteiger charge is 2.23. The lowest BCUT2D eigenvalue weighted by Crippen LogP contribution is -2.48. The van der Waals surface area contributed by atoms with E-state index in [1.807, 2.05) is 18.2 Å². The van der Waals surface area contributed by atoms with Gasteiger partial charge in [-0.1, -0.05) is 6.07 Å². The number of carbonyl (C=O) groups excluding carboxylic acids is 1. The Kier molecular flexibility index (Phi) is 6.10. The van der Waals surface area contributed by atoms with Crippen LogP contribution in [-0.2, 0) is 6.54 Å². The van der Waals surface area contributed by atoms with Crippen LogP contribution in [0.4, 0.5) is 5.69 Å². The summed E-state index contributed by atoms with van der Waals surface area (Å²) in [5.41, 5.74) is 1.52. The summed E-state index contributed by atoms with van der Waals surface area (Å²) in [6, 6.07) is 11.5. The van der Waals surface area contributed by atoms with Crippen molar-refractivity contribution < 1.29 is 19.2 Å². The van der Waals surface area contributed by atoms with Gasteiger partial charge in [-0.15, -0.1) is 0 Å². The molecule has 1 saturated heterocycles. The van der Waals surface area contributed by atoms with Crippen LogP contribution in [0.25, 0.3) is 0 Å². The van der Waals surface area contributed by atoms with Crippen LogP contribution >= 0.6 is 0 Å². The number of piperazine rings is 1. The average molecular weight is 385 g/mol. The summed E-state index contributed by atoms with van der Waals surface area (Å²) in [6.45, 7) is 3.43. The molecule has 0 N–H and O–H groups in total. The van der Waals surface area contributed by atoms with Crippen LogP contribution in [0, 0.1) is 10.1 Å². The second kappa shape index (κ2) is 8.71. The maximum Gasteiger partial charge on any atom is 0.269 e. The van der Waals surface area contributed by atoms with E-state index in [4.69, 9.17) is 9.47 Å². The molecule has 0 radical (unpaired) electrons. The van der Waals surface area contributed by atoms with Gasteiger partial charge in [0.05, 0.1) is 19.1 Å². The zero-order valence-corrected chi connectivity index (χ0v) is 16.0. The Morgan fingerprint density at radius 1 is 1.04 bits per heavy atom. The van der Waals surface area contributed by atoms with Gasteiger partial charge in [-0.2, -0.15) is 0 Å². The number of nitro groups is 1. The SMILES string of the molecule is COc1ccc(CN2CCN(C(=O)c3ccc([N+](=O)[O-])cc3)CC2)c(OC)c1. The zero-order valence-electron chi connectivity index (χ0n) is 16.0. The van der Waals surface area contributed by atoms with Crippen LogP contribution in [0.3, 0.4) is 0 Å². The van der Waals surface area contributed by atoms with E-state index >= 15 is 0 Å². The third-order valence-electron chi connectivity index (χ3n) is 4.87. The quantitative estimate of drug-likeness (QED) is 0.561. The number of nitro benzene ring substituents is 1. The van der Waals surface area contributed by atoms with Gasteiger partial charge in [0.2, 0.25) is 0 Å². The molecule has 1 aliphatic heterocycles. The molecule has 1 fully saturated rings. The maximum atomic E-state index is 12.6. The number of non-ortho nitro benzene ring substituents is 1. The fraction of sp³-hybridized carbons (Fsp3) is 0.350. The molecular formula is C20H23N3O5. The lowest BCUT2D eigenvalue weighted by molar-refractivity contribution is -0.384. The van der Waals surface area contributed by atoms with Crippen LogP contribution in [0.15, 0.2) is 42.5 Å². The number of methoxy groups -OCH3 is 2. The Labute approximate surface area is 163 Å². The number of hydrogen-bond donors (Lipinski definition) is 0. The van der Waals surface area contributed by atoms with Crippen molar-refractivity contribution in [2.24, 2.45) is 0 Å². The van der Waals surface area contributed by atoms with Crippen molar-refractivity contribution in [1.82, 2.24) is 9.80 Å². The largest absolute Gasteiger partial charge is 0.497 e. The van der Waals surface area contributed by atoms with Crippen molar-refractivity contribution >= 4 is 11.6 Å². The van der Waals surface area contributed by atoms with E-state index in [0.717, 1.165) is 36.7 Å². The molecule has 0 saturated carbocycles. The smallest absolute Gasteiger partial charge is 0.269 e. The minimum Gasteiger partial charge on any atom is -0.497 e. The van der Waals surface area contributed by atoms with E-state index in [1.54, 1.807) is 19.1 Å². The van der Waals surface area contributed by atoms with Crippen molar-refractivity contribution in [2.45, 2.75) is 6.54 Å². The van der Waals surface area contributed by atoms with Gasteiger partial charge in [0.1, 0.15) is 11.5 Å². The van der Waals surface area contributed by atoms with E-state index in [9.17, 15) is 14.9 Å². The van der Waals surface area contributed by atoms with Gasteiger partial charge in [0.15, 0.2) is 0 Å². The maximum absolute atomic E-state index is 12.6. The van der Waals surface area contributed by atoms with Gasteiger partial charge in [-0.05, 0) is 18.2 Å². The standard InChI is InChI=1S/C20H23N3O5/c1-27-18-8-5-16(19(13-18)28-2)14-21-9-11-22(12-10-21)20(24)15-3-6-17(7-4-15)23(25)26/h3-8,13H,9-12,14H2,1-2H3. The van der Waals surface area contributed by atoms with Gasteiger partial charge in [0, 0.05) is 62.0 Å². The molecule has 0 aromatic heterocycles. The number of rotatable bonds is 6.